The van der Waals surface area contributed by atoms with Crippen LogP contribution in [0.5, 0.6) is 0 Å². The van der Waals surface area contributed by atoms with Crippen LogP contribution in [-0.2, 0) is 7.05 Å². The maximum Gasteiger partial charge on any atom is 0.367 e. The summed E-state index contributed by atoms with van der Waals surface area (Å²) in [7, 11) is 1.57. The van der Waals surface area contributed by atoms with E-state index in [2.05, 4.69) is 10.3 Å². The molecule has 0 aliphatic heterocycles. The van der Waals surface area contributed by atoms with E-state index in [0.29, 0.717) is 5.82 Å². The van der Waals surface area contributed by atoms with Crippen molar-refractivity contribution in [2.24, 2.45) is 7.05 Å². The van der Waals surface area contributed by atoms with E-state index >= 15 is 0 Å². The molecule has 0 aliphatic carbocycles. The Kier molecular flexibility index (Phi) is 3.03. The molecule has 1 aromatic rings. The second-order valence-electron chi connectivity index (χ2n) is 2.80. The molecule has 0 atom stereocenters. The van der Waals surface area contributed by atoms with E-state index in [1.165, 1.54) is 4.57 Å². The van der Waals surface area contributed by atoms with Crippen LogP contribution >= 0.6 is 0 Å². The number of hydrogen-bond donors (Lipinski definition) is 2. The van der Waals surface area contributed by atoms with Gasteiger partial charge in [-0.05, 0) is 4.92 Å². The lowest BCUT2D eigenvalue weighted by Crippen LogP contribution is -2.08. The van der Waals surface area contributed by atoms with Gasteiger partial charge in [-0.25, -0.2) is 4.57 Å². The fourth-order valence-corrected chi connectivity index (χ4v) is 1.10. The Hall–Kier alpha value is -1.63. The summed E-state index contributed by atoms with van der Waals surface area (Å²) in [4.78, 5) is 14.1. The molecule has 78 valence electrons. The predicted molar refractivity (Wildman–Crippen MR) is 50.2 cm³/mol. The second kappa shape index (κ2) is 4.05. The first-order valence-corrected chi connectivity index (χ1v) is 4.10. The minimum Gasteiger partial charge on any atom is -0.395 e. The summed E-state index contributed by atoms with van der Waals surface area (Å²) in [6.07, 6.45) is 0. The molecule has 0 radical (unpaired) electrons. The van der Waals surface area contributed by atoms with Crippen molar-refractivity contribution in [2.75, 3.05) is 18.5 Å². The number of rotatable bonds is 4. The van der Waals surface area contributed by atoms with Gasteiger partial charge in [-0.15, -0.1) is 0 Å². The van der Waals surface area contributed by atoms with Gasteiger partial charge >= 0.3 is 5.82 Å². The van der Waals surface area contributed by atoms with E-state index in [1.807, 2.05) is 0 Å². The van der Waals surface area contributed by atoms with Gasteiger partial charge in [-0.2, -0.15) is 4.98 Å². The molecule has 0 bridgehead atoms. The Bertz CT molecular complexity index is 347. The lowest BCUT2D eigenvalue weighted by Gasteiger charge is -2.00. The highest BCUT2D eigenvalue weighted by Gasteiger charge is 2.21. The van der Waals surface area contributed by atoms with Crippen molar-refractivity contribution < 1.29 is 10.0 Å². The minimum atomic E-state index is -0.500. The summed E-state index contributed by atoms with van der Waals surface area (Å²) in [5, 5.41) is 21.9. The molecule has 0 unspecified atom stereocenters. The Morgan fingerprint density at radius 3 is 2.86 bits per heavy atom. The van der Waals surface area contributed by atoms with Gasteiger partial charge in [0.2, 0.25) is 5.82 Å². The van der Waals surface area contributed by atoms with Crippen molar-refractivity contribution in [3.05, 3.63) is 15.9 Å². The number of aromatic nitrogens is 2. The highest BCUT2D eigenvalue weighted by atomic mass is 16.6. The molecule has 0 aromatic carbocycles. The van der Waals surface area contributed by atoms with Crippen LogP contribution in [0.3, 0.4) is 0 Å². The molecule has 0 aliphatic rings. The van der Waals surface area contributed by atoms with Gasteiger partial charge in [0.25, 0.3) is 0 Å². The predicted octanol–water partition coefficient (Wildman–Crippen LogP) is 0.0409. The van der Waals surface area contributed by atoms with Crippen LogP contribution in [0.1, 0.15) is 5.82 Å². The molecular formula is C7H12N4O3. The van der Waals surface area contributed by atoms with E-state index in [9.17, 15) is 10.1 Å². The average Bonchev–Trinajstić information content (AvgIpc) is 2.39. The minimum absolute atomic E-state index is 0.0871. The van der Waals surface area contributed by atoms with Gasteiger partial charge in [-0.1, -0.05) is 0 Å². The lowest BCUT2D eigenvalue weighted by atomic mass is 10.6. The zero-order valence-electron chi connectivity index (χ0n) is 8.02. The average molecular weight is 200 g/mol. The number of nitro groups is 1. The van der Waals surface area contributed by atoms with Gasteiger partial charge < -0.3 is 20.5 Å². The smallest absolute Gasteiger partial charge is 0.367 e. The first-order valence-electron chi connectivity index (χ1n) is 4.10. The SMILES string of the molecule is Cc1nc(NCCO)c([N+](=O)[O-])n1C. The van der Waals surface area contributed by atoms with Crippen molar-refractivity contribution >= 4 is 11.6 Å². The number of hydrogen-bond acceptors (Lipinski definition) is 5. The number of aryl methyl sites for hydroxylation is 1. The molecule has 0 saturated carbocycles. The number of nitrogens with one attached hydrogen (secondary N) is 1. The molecule has 0 amide bonds. The summed E-state index contributed by atoms with van der Waals surface area (Å²) >= 11 is 0. The zero-order valence-corrected chi connectivity index (χ0v) is 8.02. The summed E-state index contributed by atoms with van der Waals surface area (Å²) in [5.74, 6) is 0.664. The number of aliphatic hydroxyl groups is 1. The molecule has 0 spiro atoms. The van der Waals surface area contributed by atoms with Crippen molar-refractivity contribution in [1.82, 2.24) is 9.55 Å². The fraction of sp³-hybridized carbons (Fsp3) is 0.571. The van der Waals surface area contributed by atoms with Crippen LogP contribution in [0.4, 0.5) is 11.6 Å². The Morgan fingerprint density at radius 1 is 1.71 bits per heavy atom. The second-order valence-corrected chi connectivity index (χ2v) is 2.80. The van der Waals surface area contributed by atoms with Crippen molar-refractivity contribution in [1.29, 1.82) is 0 Å². The highest BCUT2D eigenvalue weighted by molar-refractivity contribution is 5.53. The maximum absolute atomic E-state index is 10.7. The quantitative estimate of drug-likeness (QED) is 0.528. The van der Waals surface area contributed by atoms with Gasteiger partial charge in [0, 0.05) is 13.5 Å². The summed E-state index contributed by atoms with van der Waals surface area (Å²) in [6.45, 7) is 1.83. The third kappa shape index (κ3) is 1.82. The molecule has 0 saturated heterocycles. The van der Waals surface area contributed by atoms with Crippen LogP contribution in [0.15, 0.2) is 0 Å². The third-order valence-electron chi connectivity index (χ3n) is 1.87. The normalized spacial score (nSPS) is 10.2. The van der Waals surface area contributed by atoms with Gasteiger partial charge in [0.1, 0.15) is 0 Å². The Labute approximate surface area is 80.5 Å². The van der Waals surface area contributed by atoms with Crippen LogP contribution < -0.4 is 5.32 Å². The summed E-state index contributed by atoms with van der Waals surface area (Å²) in [6, 6.07) is 0. The lowest BCUT2D eigenvalue weighted by molar-refractivity contribution is -0.390. The number of imidazole rings is 1. The summed E-state index contributed by atoms with van der Waals surface area (Å²) < 4.78 is 1.39. The number of aliphatic hydroxyl groups excluding tert-OH is 1. The molecule has 1 heterocycles. The van der Waals surface area contributed by atoms with E-state index in [0.717, 1.165) is 0 Å². The van der Waals surface area contributed by atoms with Crippen LogP contribution in [0.2, 0.25) is 0 Å². The fourth-order valence-electron chi connectivity index (χ4n) is 1.10. The number of nitrogens with zero attached hydrogens (tertiary/aromatic N) is 3. The molecule has 0 fully saturated rings. The topological polar surface area (TPSA) is 93.2 Å². The standard InChI is InChI=1S/C7H12N4O3/c1-5-9-6(8-3-4-12)7(10(5)2)11(13)14/h8,12H,3-4H2,1-2H3. The Balaban J connectivity index is 3.03. The van der Waals surface area contributed by atoms with E-state index in [-0.39, 0.29) is 24.8 Å². The first kappa shape index (κ1) is 10.5. The molecule has 1 rings (SSSR count). The largest absolute Gasteiger partial charge is 0.395 e. The van der Waals surface area contributed by atoms with Crippen molar-refractivity contribution in [3.63, 3.8) is 0 Å². The van der Waals surface area contributed by atoms with E-state index in [1.54, 1.807) is 14.0 Å². The van der Waals surface area contributed by atoms with Crippen LogP contribution in [0, 0.1) is 17.0 Å². The third-order valence-corrected chi connectivity index (χ3v) is 1.87. The van der Waals surface area contributed by atoms with E-state index in [4.69, 9.17) is 5.11 Å². The summed E-state index contributed by atoms with van der Waals surface area (Å²) in [5.41, 5.74) is 0. The molecule has 1 aromatic heterocycles. The van der Waals surface area contributed by atoms with Gasteiger partial charge in [0.15, 0.2) is 5.82 Å². The van der Waals surface area contributed by atoms with Crippen molar-refractivity contribution in [3.8, 4) is 0 Å². The van der Waals surface area contributed by atoms with Crippen molar-refractivity contribution in [2.45, 2.75) is 6.92 Å². The first-order chi connectivity index (χ1) is 6.57. The van der Waals surface area contributed by atoms with Crippen LogP contribution in [-0.4, -0.2) is 32.7 Å². The molecular weight excluding hydrogens is 188 g/mol. The molecule has 14 heavy (non-hydrogen) atoms. The number of anilines is 1. The molecule has 2 N–H and O–H groups in total. The van der Waals surface area contributed by atoms with Gasteiger partial charge in [0.05, 0.1) is 13.7 Å². The molecule has 7 heteroatoms. The zero-order chi connectivity index (χ0) is 10.7. The highest BCUT2D eigenvalue weighted by Crippen LogP contribution is 2.23. The molecule has 7 nitrogen and oxygen atoms in total. The maximum atomic E-state index is 10.7. The monoisotopic (exact) mass is 200 g/mol. The van der Waals surface area contributed by atoms with Gasteiger partial charge in [-0.3, -0.25) is 0 Å². The van der Waals surface area contributed by atoms with Crippen LogP contribution in [0.25, 0.3) is 0 Å². The van der Waals surface area contributed by atoms with E-state index < -0.39 is 4.92 Å². The Morgan fingerprint density at radius 2 is 2.36 bits per heavy atom.